The molecule has 0 heterocycles. The van der Waals surface area contributed by atoms with Crippen LogP contribution in [0.3, 0.4) is 0 Å². The van der Waals surface area contributed by atoms with Crippen LogP contribution >= 0.6 is 11.8 Å². The first kappa shape index (κ1) is 25.0. The maximum absolute atomic E-state index is 13.6. The minimum atomic E-state index is -0.497. The summed E-state index contributed by atoms with van der Waals surface area (Å²) in [5, 5.41) is 0. The van der Waals surface area contributed by atoms with Crippen molar-refractivity contribution in [1.82, 2.24) is 0 Å². The summed E-state index contributed by atoms with van der Waals surface area (Å²) in [5.41, 5.74) is 2.38. The average Bonchev–Trinajstić information content (AvgIpc) is 2.93. The minimum Gasteiger partial charge on any atom is -0.289 e. The van der Waals surface area contributed by atoms with Crippen molar-refractivity contribution in [2.24, 2.45) is 0 Å². The van der Waals surface area contributed by atoms with E-state index >= 15 is 0 Å². The molecule has 5 aromatic rings. The van der Waals surface area contributed by atoms with E-state index in [-0.39, 0.29) is 17.4 Å². The lowest BCUT2D eigenvalue weighted by Gasteiger charge is -2.10. The lowest BCUT2D eigenvalue weighted by Crippen LogP contribution is -2.05. The van der Waals surface area contributed by atoms with Crippen molar-refractivity contribution in [1.29, 1.82) is 0 Å². The Labute approximate surface area is 222 Å². The van der Waals surface area contributed by atoms with Crippen LogP contribution in [0.5, 0.6) is 0 Å². The van der Waals surface area contributed by atoms with Crippen LogP contribution in [0.25, 0.3) is 0 Å². The number of aryl methyl sites for hydroxylation is 1. The van der Waals surface area contributed by atoms with Gasteiger partial charge in [-0.15, -0.1) is 0 Å². The number of rotatable bonds is 7. The molecule has 0 radical (unpaired) electrons. The van der Waals surface area contributed by atoms with Gasteiger partial charge in [-0.3, -0.25) is 4.79 Å². The predicted octanol–water partition coefficient (Wildman–Crippen LogP) is 8.75. The smallest absolute Gasteiger partial charge is 0.193 e. The third kappa shape index (κ3) is 5.85. The molecule has 37 heavy (non-hydrogen) atoms. The normalized spacial score (nSPS) is 11.0. The fourth-order valence-electron chi connectivity index (χ4n) is 3.98. The van der Waals surface area contributed by atoms with Crippen LogP contribution in [0, 0.1) is 18.6 Å². The quantitative estimate of drug-likeness (QED) is 0.156. The monoisotopic (exact) mass is 525 g/mol. The fraction of sp³-hybridized carbons (Fsp3) is 0.0312. The van der Waals surface area contributed by atoms with E-state index in [9.17, 15) is 13.6 Å². The first-order valence-corrected chi connectivity index (χ1v) is 13.8. The van der Waals surface area contributed by atoms with Crippen LogP contribution in [0.15, 0.2) is 146 Å². The Morgan fingerprint density at radius 2 is 1.14 bits per heavy atom. The zero-order valence-electron chi connectivity index (χ0n) is 20.0. The Hall–Kier alpha value is -3.67. The number of carbonyl (C=O) groups is 1. The van der Waals surface area contributed by atoms with Crippen molar-refractivity contribution in [2.75, 3.05) is 0 Å². The predicted molar refractivity (Wildman–Crippen MR) is 147 cm³/mol. The van der Waals surface area contributed by atoms with E-state index in [1.165, 1.54) is 24.3 Å². The lowest BCUT2D eigenvalue weighted by atomic mass is 10.0. The Morgan fingerprint density at radius 3 is 1.65 bits per heavy atom. The van der Waals surface area contributed by atoms with Crippen LogP contribution in [-0.4, -0.2) is 5.78 Å². The molecule has 5 aromatic carbocycles. The highest BCUT2D eigenvalue weighted by Gasteiger charge is 2.28. The first-order chi connectivity index (χ1) is 18.0. The highest BCUT2D eigenvalue weighted by molar-refractivity contribution is 7.99. The largest absolute Gasteiger partial charge is 0.289 e. The van der Waals surface area contributed by atoms with E-state index < -0.39 is 10.9 Å². The van der Waals surface area contributed by atoms with Gasteiger partial charge in [0.2, 0.25) is 0 Å². The Bertz CT molecular complexity index is 1470. The number of hydrogen-bond acceptors (Lipinski definition) is 2. The molecule has 0 saturated heterocycles. The van der Waals surface area contributed by atoms with Crippen LogP contribution in [0.2, 0.25) is 0 Å². The third-order valence-corrected chi connectivity index (χ3v) is 9.28. The van der Waals surface area contributed by atoms with Gasteiger partial charge in [-0.05, 0) is 103 Å². The van der Waals surface area contributed by atoms with Gasteiger partial charge in [0.1, 0.15) is 11.6 Å². The second-order valence-corrected chi connectivity index (χ2v) is 11.6. The standard InChI is InChI=1S/C32H23F2OS2/c1-22-21-24(32(35)23-5-3-2-4-6-23)7-20-31(22)36-27-12-18-30(19-13-27)37(28-14-8-25(33)9-15-28)29-16-10-26(34)11-17-29/h2-21H,1H3/q+1. The van der Waals surface area contributed by atoms with E-state index in [2.05, 4.69) is 24.3 Å². The fourth-order valence-corrected chi connectivity index (χ4v) is 6.91. The summed E-state index contributed by atoms with van der Waals surface area (Å²) in [6, 6.07) is 36.3. The summed E-state index contributed by atoms with van der Waals surface area (Å²) in [6.07, 6.45) is 0. The van der Waals surface area contributed by atoms with E-state index in [0.717, 1.165) is 30.0 Å². The molecular weight excluding hydrogens is 502 g/mol. The maximum Gasteiger partial charge on any atom is 0.193 e. The van der Waals surface area contributed by atoms with Crippen molar-refractivity contribution in [3.8, 4) is 0 Å². The molecule has 5 rings (SSSR count). The molecule has 0 atom stereocenters. The molecule has 0 fully saturated rings. The van der Waals surface area contributed by atoms with Gasteiger partial charge in [0, 0.05) is 20.9 Å². The summed E-state index contributed by atoms with van der Waals surface area (Å²) in [7, 11) is -0.497. The van der Waals surface area contributed by atoms with E-state index in [1.807, 2.05) is 55.5 Å². The molecule has 0 unspecified atom stereocenters. The van der Waals surface area contributed by atoms with Gasteiger partial charge in [-0.2, -0.15) is 0 Å². The summed E-state index contributed by atoms with van der Waals surface area (Å²) >= 11 is 1.64. The number of ketones is 1. The second kappa shape index (κ2) is 11.2. The van der Waals surface area contributed by atoms with E-state index in [1.54, 1.807) is 36.0 Å². The van der Waals surface area contributed by atoms with Crippen molar-refractivity contribution in [2.45, 2.75) is 31.4 Å². The molecule has 0 bridgehead atoms. The first-order valence-electron chi connectivity index (χ1n) is 11.7. The van der Waals surface area contributed by atoms with Gasteiger partial charge in [0.25, 0.3) is 0 Å². The lowest BCUT2D eigenvalue weighted by molar-refractivity contribution is 0.103. The zero-order valence-corrected chi connectivity index (χ0v) is 21.7. The number of carbonyl (C=O) groups excluding carboxylic acids is 1. The molecular formula is C32H23F2OS2+. The molecule has 0 aliphatic rings. The van der Waals surface area contributed by atoms with Crippen LogP contribution < -0.4 is 0 Å². The molecule has 0 aliphatic heterocycles. The highest BCUT2D eigenvalue weighted by Crippen LogP contribution is 2.35. The molecule has 182 valence electrons. The molecule has 0 N–H and O–H groups in total. The minimum absolute atomic E-state index is 0.0122. The Kier molecular flexibility index (Phi) is 7.54. The van der Waals surface area contributed by atoms with Crippen LogP contribution in [0.4, 0.5) is 8.78 Å². The summed E-state index contributed by atoms with van der Waals surface area (Å²) < 4.78 is 27.2. The van der Waals surface area contributed by atoms with Gasteiger partial charge < -0.3 is 0 Å². The zero-order chi connectivity index (χ0) is 25.8. The molecule has 5 heteroatoms. The van der Waals surface area contributed by atoms with E-state index in [4.69, 9.17) is 0 Å². The number of benzene rings is 5. The van der Waals surface area contributed by atoms with Crippen LogP contribution in [0.1, 0.15) is 21.5 Å². The van der Waals surface area contributed by atoms with Gasteiger partial charge in [-0.25, -0.2) is 8.78 Å². The van der Waals surface area contributed by atoms with E-state index in [0.29, 0.717) is 11.1 Å². The molecule has 1 nitrogen and oxygen atoms in total. The van der Waals surface area contributed by atoms with Gasteiger partial charge in [-0.1, -0.05) is 42.1 Å². The molecule has 0 spiro atoms. The molecule has 0 aromatic heterocycles. The number of hydrogen-bond donors (Lipinski definition) is 0. The maximum atomic E-state index is 13.6. The van der Waals surface area contributed by atoms with Gasteiger partial charge in [0.05, 0.1) is 10.9 Å². The van der Waals surface area contributed by atoms with Crippen molar-refractivity contribution in [3.63, 3.8) is 0 Å². The number of halogens is 2. The Morgan fingerprint density at radius 1 is 0.622 bits per heavy atom. The summed E-state index contributed by atoms with van der Waals surface area (Å²) in [6.45, 7) is 2.01. The molecule has 0 saturated carbocycles. The van der Waals surface area contributed by atoms with Crippen molar-refractivity contribution >= 4 is 28.4 Å². The summed E-state index contributed by atoms with van der Waals surface area (Å²) in [5.74, 6) is -0.562. The van der Waals surface area contributed by atoms with Crippen molar-refractivity contribution in [3.05, 3.63) is 150 Å². The van der Waals surface area contributed by atoms with Gasteiger partial charge >= 0.3 is 0 Å². The second-order valence-electron chi connectivity index (χ2n) is 8.46. The highest BCUT2D eigenvalue weighted by atomic mass is 32.2. The topological polar surface area (TPSA) is 17.1 Å². The van der Waals surface area contributed by atoms with Crippen molar-refractivity contribution < 1.29 is 13.6 Å². The van der Waals surface area contributed by atoms with Gasteiger partial charge in [0.15, 0.2) is 20.5 Å². The van der Waals surface area contributed by atoms with Crippen LogP contribution in [-0.2, 0) is 10.9 Å². The summed E-state index contributed by atoms with van der Waals surface area (Å²) in [4.78, 5) is 17.9. The average molecular weight is 526 g/mol. The Balaban J connectivity index is 1.39. The third-order valence-electron chi connectivity index (χ3n) is 5.86. The SMILES string of the molecule is Cc1cc(C(=O)c2ccccc2)ccc1Sc1ccc([S+](c2ccc(F)cc2)c2ccc(F)cc2)cc1. The molecule has 0 aliphatic carbocycles. The molecule has 0 amide bonds.